The van der Waals surface area contributed by atoms with E-state index in [1.165, 1.54) is 0 Å². The fourth-order valence-corrected chi connectivity index (χ4v) is 2.26. The number of likely N-dealkylation sites (N-methyl/N-ethyl adjacent to an activating group) is 1. The van der Waals surface area contributed by atoms with Crippen LogP contribution < -0.4 is 5.32 Å². The number of aliphatic hydroxyl groups excluding tert-OH is 1. The SMILES string of the molecule is CNC(CO)CSc1cc(C)nn1C. The largest absolute Gasteiger partial charge is 0.395 e. The highest BCUT2D eigenvalue weighted by Crippen LogP contribution is 2.18. The lowest BCUT2D eigenvalue weighted by molar-refractivity contribution is 0.260. The molecule has 0 aliphatic heterocycles. The van der Waals surface area contributed by atoms with Gasteiger partial charge in [-0.3, -0.25) is 4.68 Å². The van der Waals surface area contributed by atoms with Crippen LogP contribution in [0.4, 0.5) is 0 Å². The van der Waals surface area contributed by atoms with Crippen LogP contribution in [0, 0.1) is 6.92 Å². The van der Waals surface area contributed by atoms with Crippen molar-refractivity contribution in [3.63, 3.8) is 0 Å². The summed E-state index contributed by atoms with van der Waals surface area (Å²) >= 11 is 1.70. The second-order valence-electron chi connectivity index (χ2n) is 3.23. The summed E-state index contributed by atoms with van der Waals surface area (Å²) in [5.41, 5.74) is 1.03. The molecule has 80 valence electrons. The molecule has 1 heterocycles. The number of hydrogen-bond donors (Lipinski definition) is 2. The van der Waals surface area contributed by atoms with Gasteiger partial charge in [0.1, 0.15) is 0 Å². The zero-order valence-corrected chi connectivity index (χ0v) is 9.64. The Labute approximate surface area is 88.7 Å². The fraction of sp³-hybridized carbons (Fsp3) is 0.667. The van der Waals surface area contributed by atoms with Crippen LogP contribution in [0.2, 0.25) is 0 Å². The molecule has 0 radical (unpaired) electrons. The van der Waals surface area contributed by atoms with E-state index in [2.05, 4.69) is 16.5 Å². The predicted octanol–water partition coefficient (Wildman–Crippen LogP) is 0.401. The van der Waals surface area contributed by atoms with Gasteiger partial charge in [-0.2, -0.15) is 5.10 Å². The number of hydrogen-bond acceptors (Lipinski definition) is 4. The van der Waals surface area contributed by atoms with Gasteiger partial charge in [0.05, 0.1) is 17.3 Å². The lowest BCUT2D eigenvalue weighted by atomic mass is 10.4. The van der Waals surface area contributed by atoms with Crippen molar-refractivity contribution in [3.05, 3.63) is 11.8 Å². The van der Waals surface area contributed by atoms with Crippen molar-refractivity contribution < 1.29 is 5.11 Å². The lowest BCUT2D eigenvalue weighted by Gasteiger charge is -2.11. The fourth-order valence-electron chi connectivity index (χ4n) is 1.14. The molecular weight excluding hydrogens is 198 g/mol. The van der Waals surface area contributed by atoms with Crippen LogP contribution >= 0.6 is 11.8 Å². The van der Waals surface area contributed by atoms with Crippen LogP contribution in [0.25, 0.3) is 0 Å². The maximum atomic E-state index is 8.98. The first kappa shape index (κ1) is 11.6. The summed E-state index contributed by atoms with van der Waals surface area (Å²) in [6.45, 7) is 2.14. The molecule has 0 saturated heterocycles. The summed E-state index contributed by atoms with van der Waals surface area (Å²) in [5.74, 6) is 0.853. The zero-order valence-electron chi connectivity index (χ0n) is 8.82. The van der Waals surface area contributed by atoms with Gasteiger partial charge in [0.25, 0.3) is 0 Å². The summed E-state index contributed by atoms with van der Waals surface area (Å²) in [4.78, 5) is 0. The molecule has 0 amide bonds. The number of thioether (sulfide) groups is 1. The quantitative estimate of drug-likeness (QED) is 0.698. The van der Waals surface area contributed by atoms with Crippen molar-refractivity contribution in [2.24, 2.45) is 7.05 Å². The second-order valence-corrected chi connectivity index (χ2v) is 4.27. The number of nitrogens with zero attached hydrogens (tertiary/aromatic N) is 2. The number of aliphatic hydroxyl groups is 1. The zero-order chi connectivity index (χ0) is 10.6. The van der Waals surface area contributed by atoms with E-state index in [1.807, 2.05) is 25.7 Å². The first-order valence-electron chi connectivity index (χ1n) is 4.59. The van der Waals surface area contributed by atoms with Gasteiger partial charge in [0.2, 0.25) is 0 Å². The van der Waals surface area contributed by atoms with E-state index >= 15 is 0 Å². The molecule has 0 bridgehead atoms. The Morgan fingerprint density at radius 3 is 2.86 bits per heavy atom. The van der Waals surface area contributed by atoms with Gasteiger partial charge in [0.15, 0.2) is 0 Å². The Hall–Kier alpha value is -0.520. The molecule has 1 unspecified atom stereocenters. The van der Waals surface area contributed by atoms with Crippen molar-refractivity contribution in [2.75, 3.05) is 19.4 Å². The van der Waals surface area contributed by atoms with Gasteiger partial charge in [-0.05, 0) is 20.0 Å². The van der Waals surface area contributed by atoms with Gasteiger partial charge in [0, 0.05) is 18.8 Å². The van der Waals surface area contributed by atoms with E-state index in [-0.39, 0.29) is 12.6 Å². The molecule has 1 aromatic rings. The third-order valence-corrected chi connectivity index (χ3v) is 3.27. The van der Waals surface area contributed by atoms with E-state index < -0.39 is 0 Å². The van der Waals surface area contributed by atoms with Gasteiger partial charge in [-0.25, -0.2) is 0 Å². The minimum absolute atomic E-state index is 0.148. The Kier molecular flexibility index (Phi) is 4.44. The smallest absolute Gasteiger partial charge is 0.0939 e. The van der Waals surface area contributed by atoms with Gasteiger partial charge >= 0.3 is 0 Å². The minimum Gasteiger partial charge on any atom is -0.395 e. The summed E-state index contributed by atoms with van der Waals surface area (Å²) in [7, 11) is 3.79. The van der Waals surface area contributed by atoms with Gasteiger partial charge in [-0.15, -0.1) is 11.8 Å². The molecule has 0 aliphatic carbocycles. The lowest BCUT2D eigenvalue weighted by Crippen LogP contribution is -2.31. The number of aromatic nitrogens is 2. The molecule has 1 rings (SSSR count). The minimum atomic E-state index is 0.148. The summed E-state index contributed by atoms with van der Waals surface area (Å²) in [5, 5.41) is 17.4. The van der Waals surface area contributed by atoms with Crippen molar-refractivity contribution in [3.8, 4) is 0 Å². The third-order valence-electron chi connectivity index (χ3n) is 2.02. The molecular formula is C9H17N3OS. The maximum Gasteiger partial charge on any atom is 0.0939 e. The number of nitrogens with one attached hydrogen (secondary N) is 1. The standard InChI is InChI=1S/C9H17N3OS/c1-7-4-9(12(3)11-7)14-6-8(5-13)10-2/h4,8,10,13H,5-6H2,1-3H3. The molecule has 5 heteroatoms. The van der Waals surface area contributed by atoms with E-state index in [0.717, 1.165) is 16.5 Å². The molecule has 1 atom stereocenters. The molecule has 0 saturated carbocycles. The molecule has 0 spiro atoms. The molecule has 1 aromatic heterocycles. The summed E-state index contributed by atoms with van der Waals surface area (Å²) in [6, 6.07) is 2.20. The second kappa shape index (κ2) is 5.38. The summed E-state index contributed by atoms with van der Waals surface area (Å²) < 4.78 is 1.87. The first-order chi connectivity index (χ1) is 6.67. The predicted molar refractivity (Wildman–Crippen MR) is 58.6 cm³/mol. The molecule has 0 aromatic carbocycles. The number of aryl methyl sites for hydroxylation is 2. The first-order valence-corrected chi connectivity index (χ1v) is 5.57. The molecule has 0 fully saturated rings. The highest BCUT2D eigenvalue weighted by atomic mass is 32.2. The van der Waals surface area contributed by atoms with Crippen LogP contribution in [0.15, 0.2) is 11.1 Å². The van der Waals surface area contributed by atoms with Crippen LogP contribution in [-0.4, -0.2) is 40.3 Å². The van der Waals surface area contributed by atoms with Crippen LogP contribution in [0.5, 0.6) is 0 Å². The average Bonchev–Trinajstić information content (AvgIpc) is 2.47. The maximum absolute atomic E-state index is 8.98. The summed E-state index contributed by atoms with van der Waals surface area (Å²) in [6.07, 6.45) is 0. The van der Waals surface area contributed by atoms with E-state index in [9.17, 15) is 0 Å². The van der Waals surface area contributed by atoms with Gasteiger partial charge < -0.3 is 10.4 Å². The van der Waals surface area contributed by atoms with Crippen LogP contribution in [0.1, 0.15) is 5.69 Å². The van der Waals surface area contributed by atoms with Crippen molar-refractivity contribution in [1.82, 2.24) is 15.1 Å². The van der Waals surface area contributed by atoms with Crippen LogP contribution in [0.3, 0.4) is 0 Å². The Morgan fingerprint density at radius 2 is 2.43 bits per heavy atom. The van der Waals surface area contributed by atoms with E-state index in [1.54, 1.807) is 11.8 Å². The van der Waals surface area contributed by atoms with Crippen molar-refractivity contribution >= 4 is 11.8 Å². The van der Waals surface area contributed by atoms with Crippen molar-refractivity contribution in [2.45, 2.75) is 18.0 Å². The highest BCUT2D eigenvalue weighted by Gasteiger charge is 2.07. The third kappa shape index (κ3) is 3.01. The van der Waals surface area contributed by atoms with Gasteiger partial charge in [-0.1, -0.05) is 0 Å². The molecule has 4 nitrogen and oxygen atoms in total. The van der Waals surface area contributed by atoms with Crippen LogP contribution in [-0.2, 0) is 7.05 Å². The Balaban J connectivity index is 2.48. The Morgan fingerprint density at radius 1 is 1.71 bits per heavy atom. The molecule has 14 heavy (non-hydrogen) atoms. The topological polar surface area (TPSA) is 50.1 Å². The van der Waals surface area contributed by atoms with Crippen molar-refractivity contribution in [1.29, 1.82) is 0 Å². The van der Waals surface area contributed by atoms with E-state index in [0.29, 0.717) is 0 Å². The highest BCUT2D eigenvalue weighted by molar-refractivity contribution is 7.99. The molecule has 2 N–H and O–H groups in total. The van der Waals surface area contributed by atoms with E-state index in [4.69, 9.17) is 5.11 Å². The normalized spacial score (nSPS) is 13.1. The number of rotatable bonds is 5. The molecule has 0 aliphatic rings. The monoisotopic (exact) mass is 215 g/mol. The Bertz CT molecular complexity index is 284. The average molecular weight is 215 g/mol.